The second-order valence-electron chi connectivity index (χ2n) is 4.01. The van der Waals surface area contributed by atoms with E-state index < -0.39 is 0 Å². The molecule has 0 aromatic rings. The van der Waals surface area contributed by atoms with Crippen LogP contribution >= 0.6 is 0 Å². The zero-order chi connectivity index (χ0) is 8.32. The molecule has 1 aliphatic rings. The Kier molecular flexibility index (Phi) is 2.27. The first-order valence-corrected chi connectivity index (χ1v) is 3.88. The Hall–Kier alpha value is -0.860. The minimum absolute atomic E-state index is 0.325. The highest BCUT2D eigenvalue weighted by atomic mass is 15.3. The van der Waals surface area contributed by atoms with Crippen molar-refractivity contribution >= 4 is 12.1 Å². The summed E-state index contributed by atoms with van der Waals surface area (Å²) in [6.45, 7) is 7.43. The van der Waals surface area contributed by atoms with E-state index in [1.165, 1.54) is 5.71 Å². The van der Waals surface area contributed by atoms with Gasteiger partial charge in [0.1, 0.15) is 6.34 Å². The maximum Gasteiger partial charge on any atom is 0.135 e. The summed E-state index contributed by atoms with van der Waals surface area (Å²) in [5, 5.41) is 3.79. The number of rotatable bonds is 1. The third kappa shape index (κ3) is 3.16. The maximum atomic E-state index is 4.18. The average molecular weight is 153 g/mol. The maximum absolute atomic E-state index is 4.18. The summed E-state index contributed by atoms with van der Waals surface area (Å²) in [7, 11) is 0. The van der Waals surface area contributed by atoms with Crippen molar-refractivity contribution in [1.29, 1.82) is 0 Å². The Labute approximate surface area is 67.6 Å². The Morgan fingerprint density at radius 3 is 2.73 bits per heavy atom. The average Bonchev–Trinajstić information content (AvgIpc) is 1.85. The lowest BCUT2D eigenvalue weighted by atomic mass is 9.89. The van der Waals surface area contributed by atoms with Crippen molar-refractivity contribution in [3.05, 3.63) is 0 Å². The fourth-order valence-electron chi connectivity index (χ4n) is 1.05. The summed E-state index contributed by atoms with van der Waals surface area (Å²) in [4.78, 5) is 4.18. The Bertz CT molecular complexity index is 186. The van der Waals surface area contributed by atoms with Crippen LogP contribution in [0.1, 0.15) is 27.2 Å². The van der Waals surface area contributed by atoms with Crippen LogP contribution in [-0.4, -0.2) is 18.6 Å². The van der Waals surface area contributed by atoms with Gasteiger partial charge < -0.3 is 5.43 Å². The van der Waals surface area contributed by atoms with Crippen LogP contribution in [0, 0.1) is 5.41 Å². The molecule has 0 bridgehead atoms. The first-order chi connectivity index (χ1) is 5.08. The van der Waals surface area contributed by atoms with Crippen LogP contribution in [0.4, 0.5) is 0 Å². The third-order valence-electron chi connectivity index (χ3n) is 1.41. The molecule has 0 fully saturated rings. The van der Waals surface area contributed by atoms with E-state index in [2.05, 4.69) is 36.3 Å². The highest BCUT2D eigenvalue weighted by Crippen LogP contribution is 2.19. The third-order valence-corrected chi connectivity index (χ3v) is 1.41. The molecule has 1 N–H and O–H groups in total. The molecule has 62 valence electrons. The summed E-state index contributed by atoms with van der Waals surface area (Å²) < 4.78 is 0. The minimum atomic E-state index is 0.325. The summed E-state index contributed by atoms with van der Waals surface area (Å²) in [5.74, 6) is 0. The Morgan fingerprint density at radius 2 is 2.27 bits per heavy atom. The molecule has 0 saturated heterocycles. The van der Waals surface area contributed by atoms with E-state index in [0.29, 0.717) is 5.41 Å². The van der Waals surface area contributed by atoms with E-state index in [1.807, 2.05) is 0 Å². The molecule has 0 atom stereocenters. The number of hydrogen-bond acceptors (Lipinski definition) is 3. The van der Waals surface area contributed by atoms with Crippen LogP contribution in [0.15, 0.2) is 10.1 Å². The van der Waals surface area contributed by atoms with Crippen LogP contribution in [0.3, 0.4) is 0 Å². The highest BCUT2D eigenvalue weighted by Gasteiger charge is 2.14. The molecule has 0 radical (unpaired) electrons. The first-order valence-electron chi connectivity index (χ1n) is 3.88. The Morgan fingerprint density at radius 1 is 1.55 bits per heavy atom. The van der Waals surface area contributed by atoms with Gasteiger partial charge in [-0.25, -0.2) is 4.99 Å². The number of hydrogen-bond donors (Lipinski definition) is 1. The van der Waals surface area contributed by atoms with Crippen molar-refractivity contribution in [1.82, 2.24) is 5.43 Å². The van der Waals surface area contributed by atoms with Gasteiger partial charge in [0.2, 0.25) is 0 Å². The van der Waals surface area contributed by atoms with Crippen molar-refractivity contribution in [3.63, 3.8) is 0 Å². The monoisotopic (exact) mass is 153 g/mol. The minimum Gasteiger partial charge on any atom is -0.303 e. The molecule has 0 unspecified atom stereocenters. The standard InChI is InChI=1S/C8H15N3/c1-8(2,3)4-7-5-10-11-6-9-7/h6,10H,4-5H2,1-3H3. The van der Waals surface area contributed by atoms with Crippen molar-refractivity contribution in [3.8, 4) is 0 Å². The van der Waals surface area contributed by atoms with Gasteiger partial charge in [-0.3, -0.25) is 0 Å². The van der Waals surface area contributed by atoms with Gasteiger partial charge >= 0.3 is 0 Å². The molecule has 1 heterocycles. The van der Waals surface area contributed by atoms with Crippen LogP contribution < -0.4 is 5.43 Å². The normalized spacial score (nSPS) is 17.5. The molecule has 11 heavy (non-hydrogen) atoms. The van der Waals surface area contributed by atoms with Crippen LogP contribution in [-0.2, 0) is 0 Å². The van der Waals surface area contributed by atoms with E-state index in [4.69, 9.17) is 0 Å². The lowest BCUT2D eigenvalue weighted by molar-refractivity contribution is 0.431. The van der Waals surface area contributed by atoms with E-state index in [-0.39, 0.29) is 0 Å². The van der Waals surface area contributed by atoms with Gasteiger partial charge in [0.25, 0.3) is 0 Å². The Balaban J connectivity index is 2.49. The lowest BCUT2D eigenvalue weighted by Gasteiger charge is -2.19. The number of aliphatic imine (C=N–C) groups is 1. The summed E-state index contributed by atoms with van der Waals surface area (Å²) in [5.41, 5.74) is 4.41. The fraction of sp³-hybridized carbons (Fsp3) is 0.750. The molecule has 0 amide bonds. The zero-order valence-corrected chi connectivity index (χ0v) is 7.39. The molecule has 0 spiro atoms. The highest BCUT2D eigenvalue weighted by molar-refractivity contribution is 5.93. The van der Waals surface area contributed by atoms with Gasteiger partial charge in [-0.1, -0.05) is 20.8 Å². The van der Waals surface area contributed by atoms with Gasteiger partial charge in [-0.15, -0.1) is 0 Å². The summed E-state index contributed by atoms with van der Waals surface area (Å²) >= 11 is 0. The molecule has 3 nitrogen and oxygen atoms in total. The molecule has 1 rings (SSSR count). The molecule has 0 aliphatic carbocycles. The number of nitrogens with zero attached hydrogens (tertiary/aromatic N) is 2. The van der Waals surface area contributed by atoms with E-state index in [1.54, 1.807) is 6.34 Å². The first kappa shape index (κ1) is 8.24. The second kappa shape index (κ2) is 3.03. The van der Waals surface area contributed by atoms with Crippen molar-refractivity contribution < 1.29 is 0 Å². The predicted molar refractivity (Wildman–Crippen MR) is 48.0 cm³/mol. The molecular weight excluding hydrogens is 138 g/mol. The number of nitrogens with one attached hydrogen (secondary N) is 1. The molecule has 0 aromatic carbocycles. The van der Waals surface area contributed by atoms with Gasteiger partial charge in [-0.05, 0) is 11.8 Å². The van der Waals surface area contributed by atoms with E-state index in [0.717, 1.165) is 13.0 Å². The molecule has 1 aliphatic heterocycles. The smallest absolute Gasteiger partial charge is 0.135 e. The van der Waals surface area contributed by atoms with E-state index >= 15 is 0 Å². The predicted octanol–water partition coefficient (Wildman–Crippen LogP) is 1.41. The lowest BCUT2D eigenvalue weighted by Crippen LogP contribution is -2.25. The van der Waals surface area contributed by atoms with Gasteiger partial charge in [0, 0.05) is 5.71 Å². The van der Waals surface area contributed by atoms with Crippen LogP contribution in [0.2, 0.25) is 0 Å². The summed E-state index contributed by atoms with van der Waals surface area (Å²) in [6, 6.07) is 0. The largest absolute Gasteiger partial charge is 0.303 e. The summed E-state index contributed by atoms with van der Waals surface area (Å²) in [6.07, 6.45) is 2.61. The van der Waals surface area contributed by atoms with Gasteiger partial charge in [0.05, 0.1) is 6.54 Å². The van der Waals surface area contributed by atoms with Gasteiger partial charge in [-0.2, -0.15) is 5.10 Å². The topological polar surface area (TPSA) is 36.8 Å². The molecule has 0 saturated carbocycles. The fourth-order valence-corrected chi connectivity index (χ4v) is 1.05. The van der Waals surface area contributed by atoms with Gasteiger partial charge in [0.15, 0.2) is 0 Å². The van der Waals surface area contributed by atoms with Crippen LogP contribution in [0.5, 0.6) is 0 Å². The molecule has 3 heteroatoms. The van der Waals surface area contributed by atoms with Crippen molar-refractivity contribution in [2.75, 3.05) is 6.54 Å². The molecular formula is C8H15N3. The van der Waals surface area contributed by atoms with Crippen molar-refractivity contribution in [2.24, 2.45) is 15.5 Å². The molecule has 0 aromatic heterocycles. The quantitative estimate of drug-likeness (QED) is 0.607. The SMILES string of the molecule is CC(C)(C)CC1=NC=NNC1. The second-order valence-corrected chi connectivity index (χ2v) is 4.01. The zero-order valence-electron chi connectivity index (χ0n) is 7.39. The number of hydrazone groups is 1. The van der Waals surface area contributed by atoms with E-state index in [9.17, 15) is 0 Å². The van der Waals surface area contributed by atoms with Crippen molar-refractivity contribution in [2.45, 2.75) is 27.2 Å². The van der Waals surface area contributed by atoms with Crippen LogP contribution in [0.25, 0.3) is 0 Å².